The minimum atomic E-state index is -0.475. The van der Waals surface area contributed by atoms with Crippen LogP contribution in [0.2, 0.25) is 10.0 Å². The van der Waals surface area contributed by atoms with E-state index >= 15 is 0 Å². The average molecular weight is 576 g/mol. The van der Waals surface area contributed by atoms with E-state index in [2.05, 4.69) is 10.3 Å². The van der Waals surface area contributed by atoms with Crippen LogP contribution in [0.25, 0.3) is 21.3 Å². The number of nitro benzene ring substituents is 1. The number of non-ortho nitro benzene ring substituents is 1. The summed E-state index contributed by atoms with van der Waals surface area (Å²) >= 11 is 14.9. The molecule has 37 heavy (non-hydrogen) atoms. The fourth-order valence-electron chi connectivity index (χ4n) is 4.00. The zero-order chi connectivity index (χ0) is 26.1. The van der Waals surface area contributed by atoms with E-state index in [1.807, 2.05) is 22.4 Å². The molecule has 1 N–H and O–H groups in total. The second-order valence-electron chi connectivity index (χ2n) is 8.34. The average Bonchev–Trinajstić information content (AvgIpc) is 3.48. The van der Waals surface area contributed by atoms with Crippen molar-refractivity contribution >= 4 is 78.6 Å². The summed E-state index contributed by atoms with van der Waals surface area (Å²) in [4.78, 5) is 44.8. The maximum atomic E-state index is 13.1. The first-order chi connectivity index (χ1) is 17.8. The summed E-state index contributed by atoms with van der Waals surface area (Å²) in [6, 6.07) is 11.7. The van der Waals surface area contributed by atoms with Crippen LogP contribution in [0.4, 0.5) is 10.8 Å². The summed E-state index contributed by atoms with van der Waals surface area (Å²) in [6.45, 7) is 2.12. The Hall–Kier alpha value is -3.09. The molecule has 0 radical (unpaired) electrons. The molecule has 3 heterocycles. The Bertz CT molecular complexity index is 1500. The first-order valence-electron chi connectivity index (χ1n) is 11.2. The molecule has 0 atom stereocenters. The van der Waals surface area contributed by atoms with Crippen LogP contribution in [0.3, 0.4) is 0 Å². The first kappa shape index (κ1) is 25.6. The van der Waals surface area contributed by atoms with E-state index in [0.717, 1.165) is 22.6 Å². The van der Waals surface area contributed by atoms with Crippen LogP contribution < -0.4 is 5.32 Å². The lowest BCUT2D eigenvalue weighted by Crippen LogP contribution is -2.50. The lowest BCUT2D eigenvalue weighted by atomic mass is 10.2. The molecule has 1 saturated heterocycles. The van der Waals surface area contributed by atoms with Crippen molar-refractivity contribution < 1.29 is 14.5 Å². The fourth-order valence-corrected chi connectivity index (χ4v) is 6.38. The summed E-state index contributed by atoms with van der Waals surface area (Å²) in [7, 11) is 0. The number of halogens is 2. The van der Waals surface area contributed by atoms with E-state index in [9.17, 15) is 19.7 Å². The molecule has 2 amide bonds. The van der Waals surface area contributed by atoms with Gasteiger partial charge >= 0.3 is 0 Å². The van der Waals surface area contributed by atoms with Gasteiger partial charge in [0.15, 0.2) is 5.13 Å². The Kier molecular flexibility index (Phi) is 7.40. The third-order valence-corrected chi connectivity index (χ3v) is 8.59. The molecule has 0 spiro atoms. The molecule has 1 aliphatic rings. The van der Waals surface area contributed by atoms with Gasteiger partial charge in [0.25, 0.3) is 11.6 Å². The molecular formula is C24H19Cl2N5O4S2. The van der Waals surface area contributed by atoms with Crippen molar-refractivity contribution in [1.29, 1.82) is 0 Å². The summed E-state index contributed by atoms with van der Waals surface area (Å²) in [5.41, 5.74) is 1.63. The number of thiazole rings is 1. The number of thiophene rings is 1. The van der Waals surface area contributed by atoms with Gasteiger partial charge in [-0.2, -0.15) is 0 Å². The molecule has 0 aliphatic carbocycles. The van der Waals surface area contributed by atoms with Crippen molar-refractivity contribution in [2.24, 2.45) is 0 Å². The van der Waals surface area contributed by atoms with Crippen LogP contribution in [0.15, 0.2) is 47.8 Å². The Morgan fingerprint density at radius 3 is 2.51 bits per heavy atom. The predicted octanol–water partition coefficient (Wildman–Crippen LogP) is 5.64. The van der Waals surface area contributed by atoms with Gasteiger partial charge in [-0.15, -0.1) is 22.7 Å². The van der Waals surface area contributed by atoms with Gasteiger partial charge in [0.1, 0.15) is 4.88 Å². The van der Waals surface area contributed by atoms with E-state index in [1.165, 1.54) is 23.5 Å². The van der Waals surface area contributed by atoms with Crippen LogP contribution in [-0.2, 0) is 4.79 Å². The molecule has 2 aromatic carbocycles. The molecular weight excluding hydrogens is 557 g/mol. The van der Waals surface area contributed by atoms with Crippen LogP contribution >= 0.6 is 45.9 Å². The molecule has 1 aliphatic heterocycles. The van der Waals surface area contributed by atoms with E-state index in [1.54, 1.807) is 23.1 Å². The van der Waals surface area contributed by atoms with Crippen molar-refractivity contribution in [3.63, 3.8) is 0 Å². The van der Waals surface area contributed by atoms with E-state index < -0.39 is 4.92 Å². The van der Waals surface area contributed by atoms with Gasteiger partial charge in [0, 0.05) is 64.4 Å². The zero-order valence-electron chi connectivity index (χ0n) is 19.1. The molecule has 190 valence electrons. The van der Waals surface area contributed by atoms with Crippen LogP contribution in [0.5, 0.6) is 0 Å². The molecule has 0 unspecified atom stereocenters. The fraction of sp³-hybridized carbons (Fsp3) is 0.208. The highest BCUT2D eigenvalue weighted by Crippen LogP contribution is 2.38. The number of aromatic nitrogens is 1. The van der Waals surface area contributed by atoms with Crippen molar-refractivity contribution in [3.05, 3.63) is 72.9 Å². The number of piperazine rings is 1. The standard InChI is InChI=1S/C24H19Cl2N5O4S2/c25-15-3-1-14(2-4-15)18-13-36-24(27-18)28-20(32)12-29-7-9-30(10-8-29)23(33)22-21(26)17-6-5-16(31(34)35)11-19(17)37-22/h1-6,11,13H,7-10,12H2,(H,27,28,32). The van der Waals surface area contributed by atoms with E-state index in [0.29, 0.717) is 56.3 Å². The lowest BCUT2D eigenvalue weighted by Gasteiger charge is -2.34. The van der Waals surface area contributed by atoms with Crippen LogP contribution in [0.1, 0.15) is 9.67 Å². The molecule has 9 nitrogen and oxygen atoms in total. The van der Waals surface area contributed by atoms with Gasteiger partial charge in [-0.05, 0) is 18.2 Å². The highest BCUT2D eigenvalue weighted by molar-refractivity contribution is 7.21. The number of hydrogen-bond donors (Lipinski definition) is 1. The highest BCUT2D eigenvalue weighted by Gasteiger charge is 2.27. The van der Waals surface area contributed by atoms with Gasteiger partial charge in [-0.25, -0.2) is 4.98 Å². The first-order valence-corrected chi connectivity index (χ1v) is 13.6. The van der Waals surface area contributed by atoms with Gasteiger partial charge in [0.05, 0.1) is 22.2 Å². The Morgan fingerprint density at radius 2 is 1.81 bits per heavy atom. The van der Waals surface area contributed by atoms with Gasteiger partial charge in [-0.1, -0.05) is 35.3 Å². The number of nitro groups is 1. The largest absolute Gasteiger partial charge is 0.335 e. The zero-order valence-corrected chi connectivity index (χ0v) is 22.3. The molecule has 1 fully saturated rings. The van der Waals surface area contributed by atoms with Gasteiger partial charge < -0.3 is 10.2 Å². The van der Waals surface area contributed by atoms with Crippen molar-refractivity contribution in [3.8, 4) is 11.3 Å². The number of amides is 2. The monoisotopic (exact) mass is 575 g/mol. The van der Waals surface area contributed by atoms with Crippen molar-refractivity contribution in [1.82, 2.24) is 14.8 Å². The number of nitrogens with zero attached hydrogens (tertiary/aromatic N) is 4. The Morgan fingerprint density at radius 1 is 1.08 bits per heavy atom. The summed E-state index contributed by atoms with van der Waals surface area (Å²) in [5, 5.41) is 17.9. The summed E-state index contributed by atoms with van der Waals surface area (Å²) < 4.78 is 0.597. The number of anilines is 1. The molecule has 4 aromatic rings. The SMILES string of the molecule is O=C(CN1CCN(C(=O)c2sc3cc([N+](=O)[O-])ccc3c2Cl)CC1)Nc1nc(-c2ccc(Cl)cc2)cs1. The maximum Gasteiger partial charge on any atom is 0.270 e. The molecule has 5 rings (SSSR count). The Labute approximate surface area is 229 Å². The third kappa shape index (κ3) is 5.60. The number of fused-ring (bicyclic) bond motifs is 1. The minimum absolute atomic E-state index is 0.0461. The molecule has 2 aromatic heterocycles. The van der Waals surface area contributed by atoms with Gasteiger partial charge in [-0.3, -0.25) is 24.6 Å². The van der Waals surface area contributed by atoms with Crippen molar-refractivity contribution in [2.45, 2.75) is 0 Å². The van der Waals surface area contributed by atoms with E-state index in [4.69, 9.17) is 23.2 Å². The number of carbonyl (C=O) groups excluding carboxylic acids is 2. The molecule has 0 bridgehead atoms. The second kappa shape index (κ2) is 10.7. The number of hydrogen-bond acceptors (Lipinski definition) is 8. The van der Waals surface area contributed by atoms with Crippen LogP contribution in [0, 0.1) is 10.1 Å². The third-order valence-electron chi connectivity index (χ3n) is 5.94. The number of nitrogens with one attached hydrogen (secondary N) is 1. The second-order valence-corrected chi connectivity index (χ2v) is 11.1. The maximum absolute atomic E-state index is 13.1. The number of benzene rings is 2. The topological polar surface area (TPSA) is 109 Å². The quantitative estimate of drug-likeness (QED) is 0.235. The molecule has 13 heteroatoms. The number of carbonyl (C=O) groups is 2. The smallest absolute Gasteiger partial charge is 0.270 e. The van der Waals surface area contributed by atoms with E-state index in [-0.39, 0.29) is 24.0 Å². The summed E-state index contributed by atoms with van der Waals surface area (Å²) in [6.07, 6.45) is 0. The normalized spacial score (nSPS) is 14.2. The highest BCUT2D eigenvalue weighted by atomic mass is 35.5. The molecule has 0 saturated carbocycles. The Balaban J connectivity index is 1.16. The lowest BCUT2D eigenvalue weighted by molar-refractivity contribution is -0.384. The van der Waals surface area contributed by atoms with Gasteiger partial charge in [0.2, 0.25) is 5.91 Å². The van der Waals surface area contributed by atoms with Crippen molar-refractivity contribution in [2.75, 3.05) is 38.0 Å². The summed E-state index contributed by atoms with van der Waals surface area (Å²) in [5.74, 6) is -0.388. The van der Waals surface area contributed by atoms with Crippen LogP contribution in [-0.4, -0.2) is 64.2 Å². The predicted molar refractivity (Wildman–Crippen MR) is 147 cm³/mol. The number of rotatable bonds is 6. The minimum Gasteiger partial charge on any atom is -0.335 e.